The standard InChI is InChI=1S/C22H21F5N4O/c23-19(24)9-14-11-29-17-10-15(13-5-2-1-3-6-13)21(32)31(20(17)30-14)12-18-16(22(25,26)27)7-4-8-28-18/h4,7-8,10-11,13,19H,1-3,5-6,9,12H2. The molecule has 0 radical (unpaired) electrons. The van der Waals surface area contributed by atoms with Gasteiger partial charge >= 0.3 is 6.18 Å². The fraction of sp³-hybridized carbons (Fsp3) is 0.455. The Morgan fingerprint density at radius 1 is 1.12 bits per heavy atom. The van der Waals surface area contributed by atoms with Crippen LogP contribution >= 0.6 is 0 Å². The number of fused-ring (bicyclic) bond motifs is 1. The monoisotopic (exact) mass is 452 g/mol. The number of hydrogen-bond donors (Lipinski definition) is 0. The highest BCUT2D eigenvalue weighted by molar-refractivity contribution is 5.71. The largest absolute Gasteiger partial charge is 0.418 e. The second-order valence-electron chi connectivity index (χ2n) is 7.99. The fourth-order valence-electron chi connectivity index (χ4n) is 4.27. The van der Waals surface area contributed by atoms with Crippen LogP contribution in [-0.4, -0.2) is 25.9 Å². The summed E-state index contributed by atoms with van der Waals surface area (Å²) in [5.41, 5.74) is -1.09. The van der Waals surface area contributed by atoms with Crippen molar-refractivity contribution in [3.05, 3.63) is 63.5 Å². The molecule has 0 bridgehead atoms. The summed E-state index contributed by atoms with van der Waals surface area (Å²) in [6, 6.07) is 3.67. The SMILES string of the molecule is O=c1c(C2CCCCC2)cc2ncc(CC(F)F)nc2n1Cc1ncccc1C(F)(F)F. The van der Waals surface area contributed by atoms with Crippen molar-refractivity contribution < 1.29 is 22.0 Å². The zero-order valence-corrected chi connectivity index (χ0v) is 17.1. The second-order valence-corrected chi connectivity index (χ2v) is 7.99. The third-order valence-electron chi connectivity index (χ3n) is 5.78. The Hall–Kier alpha value is -2.91. The predicted molar refractivity (Wildman–Crippen MR) is 108 cm³/mol. The molecular weight excluding hydrogens is 431 g/mol. The minimum absolute atomic E-state index is 0.0218. The number of aromatic nitrogens is 4. The molecule has 1 aliphatic rings. The van der Waals surface area contributed by atoms with Crippen LogP contribution in [0.15, 0.2) is 35.4 Å². The molecule has 0 aromatic carbocycles. The molecule has 0 N–H and O–H groups in total. The van der Waals surface area contributed by atoms with E-state index < -0.39 is 36.7 Å². The van der Waals surface area contributed by atoms with Crippen molar-refractivity contribution in [2.75, 3.05) is 0 Å². The molecule has 10 heteroatoms. The first kappa shape index (κ1) is 22.3. The molecule has 0 atom stereocenters. The van der Waals surface area contributed by atoms with Crippen molar-refractivity contribution in [1.29, 1.82) is 0 Å². The highest BCUT2D eigenvalue weighted by Gasteiger charge is 2.34. The molecule has 3 aromatic rings. The number of rotatable bonds is 5. The van der Waals surface area contributed by atoms with Gasteiger partial charge in [-0.15, -0.1) is 0 Å². The molecule has 0 unspecified atom stereocenters. The summed E-state index contributed by atoms with van der Waals surface area (Å²) in [7, 11) is 0. The fourth-order valence-corrected chi connectivity index (χ4v) is 4.27. The Labute approximate surface area is 180 Å². The van der Waals surface area contributed by atoms with Crippen LogP contribution in [0.1, 0.15) is 60.5 Å². The number of nitrogens with zero attached hydrogens (tertiary/aromatic N) is 4. The van der Waals surface area contributed by atoms with Crippen LogP contribution < -0.4 is 5.56 Å². The topological polar surface area (TPSA) is 60.7 Å². The average Bonchev–Trinajstić information content (AvgIpc) is 2.75. The van der Waals surface area contributed by atoms with E-state index in [1.54, 1.807) is 6.07 Å². The van der Waals surface area contributed by atoms with Gasteiger partial charge in [-0.1, -0.05) is 19.3 Å². The van der Waals surface area contributed by atoms with E-state index in [9.17, 15) is 26.7 Å². The minimum Gasteiger partial charge on any atom is -0.285 e. The number of pyridine rings is 2. The van der Waals surface area contributed by atoms with Crippen LogP contribution in [0, 0.1) is 0 Å². The summed E-state index contributed by atoms with van der Waals surface area (Å²) in [5, 5.41) is 0. The lowest BCUT2D eigenvalue weighted by Gasteiger charge is -2.23. The normalized spacial score (nSPS) is 15.6. The molecule has 3 heterocycles. The van der Waals surface area contributed by atoms with Crippen molar-refractivity contribution in [1.82, 2.24) is 19.5 Å². The first-order chi connectivity index (χ1) is 15.2. The molecule has 1 aliphatic carbocycles. The molecular formula is C22H21F5N4O. The zero-order valence-electron chi connectivity index (χ0n) is 17.1. The number of halogens is 5. The minimum atomic E-state index is -4.66. The molecule has 4 rings (SSSR count). The van der Waals surface area contributed by atoms with Gasteiger partial charge in [0.1, 0.15) is 5.52 Å². The number of hydrogen-bond acceptors (Lipinski definition) is 4. The van der Waals surface area contributed by atoms with E-state index in [0.29, 0.717) is 5.56 Å². The smallest absolute Gasteiger partial charge is 0.285 e. The van der Waals surface area contributed by atoms with Crippen LogP contribution in [-0.2, 0) is 19.1 Å². The van der Waals surface area contributed by atoms with Crippen LogP contribution in [0.5, 0.6) is 0 Å². The Morgan fingerprint density at radius 2 is 1.88 bits per heavy atom. The van der Waals surface area contributed by atoms with Crippen LogP contribution in [0.2, 0.25) is 0 Å². The van der Waals surface area contributed by atoms with E-state index in [0.717, 1.165) is 42.7 Å². The van der Waals surface area contributed by atoms with Crippen LogP contribution in [0.4, 0.5) is 22.0 Å². The highest BCUT2D eigenvalue weighted by atomic mass is 19.4. The van der Waals surface area contributed by atoms with Crippen molar-refractivity contribution >= 4 is 11.2 Å². The van der Waals surface area contributed by atoms with Gasteiger partial charge in [0, 0.05) is 18.0 Å². The summed E-state index contributed by atoms with van der Waals surface area (Å²) < 4.78 is 67.3. The lowest BCUT2D eigenvalue weighted by atomic mass is 9.84. The molecule has 0 spiro atoms. The van der Waals surface area contributed by atoms with Gasteiger partial charge in [-0.05, 0) is 37.0 Å². The highest BCUT2D eigenvalue weighted by Crippen LogP contribution is 2.33. The Bertz CT molecular complexity index is 1170. The van der Waals surface area contributed by atoms with E-state index in [1.165, 1.54) is 18.5 Å². The zero-order chi connectivity index (χ0) is 22.9. The van der Waals surface area contributed by atoms with Crippen molar-refractivity contribution in [2.45, 2.75) is 63.6 Å². The van der Waals surface area contributed by atoms with Gasteiger partial charge in [-0.3, -0.25) is 19.3 Å². The molecule has 3 aromatic heterocycles. The molecule has 32 heavy (non-hydrogen) atoms. The quantitative estimate of drug-likeness (QED) is 0.505. The summed E-state index contributed by atoms with van der Waals surface area (Å²) in [6.45, 7) is -0.488. The molecule has 1 fully saturated rings. The lowest BCUT2D eigenvalue weighted by Crippen LogP contribution is -2.29. The van der Waals surface area contributed by atoms with E-state index in [-0.39, 0.29) is 28.5 Å². The van der Waals surface area contributed by atoms with Gasteiger partial charge < -0.3 is 0 Å². The van der Waals surface area contributed by atoms with E-state index in [4.69, 9.17) is 0 Å². The maximum absolute atomic E-state index is 13.5. The van der Waals surface area contributed by atoms with Gasteiger partial charge in [-0.25, -0.2) is 13.8 Å². The van der Waals surface area contributed by atoms with Crippen LogP contribution in [0.3, 0.4) is 0 Å². The Kier molecular flexibility index (Phi) is 6.21. The molecule has 0 saturated heterocycles. The van der Waals surface area contributed by atoms with Gasteiger partial charge in [0.2, 0.25) is 6.43 Å². The van der Waals surface area contributed by atoms with Gasteiger partial charge in [0.25, 0.3) is 5.56 Å². The summed E-state index contributed by atoms with van der Waals surface area (Å²) in [6.07, 6.45) is -0.973. The summed E-state index contributed by atoms with van der Waals surface area (Å²) in [4.78, 5) is 25.6. The first-order valence-corrected chi connectivity index (χ1v) is 10.4. The Balaban J connectivity index is 1.90. The van der Waals surface area contributed by atoms with Gasteiger partial charge in [-0.2, -0.15) is 13.2 Å². The summed E-state index contributed by atoms with van der Waals surface area (Å²) >= 11 is 0. The molecule has 1 saturated carbocycles. The van der Waals surface area contributed by atoms with E-state index in [1.807, 2.05) is 0 Å². The van der Waals surface area contributed by atoms with Gasteiger partial charge in [0.15, 0.2) is 5.65 Å². The van der Waals surface area contributed by atoms with Crippen molar-refractivity contribution in [3.8, 4) is 0 Å². The maximum Gasteiger partial charge on any atom is 0.418 e. The maximum atomic E-state index is 13.5. The van der Waals surface area contributed by atoms with Crippen molar-refractivity contribution in [2.24, 2.45) is 0 Å². The predicted octanol–water partition coefficient (Wildman–Crippen LogP) is 5.11. The van der Waals surface area contributed by atoms with Crippen molar-refractivity contribution in [3.63, 3.8) is 0 Å². The first-order valence-electron chi connectivity index (χ1n) is 10.4. The van der Waals surface area contributed by atoms with Gasteiger partial charge in [0.05, 0.1) is 29.9 Å². The van der Waals surface area contributed by atoms with E-state index in [2.05, 4.69) is 15.0 Å². The molecule has 5 nitrogen and oxygen atoms in total. The van der Waals surface area contributed by atoms with Crippen LogP contribution in [0.25, 0.3) is 11.2 Å². The summed E-state index contributed by atoms with van der Waals surface area (Å²) in [5.74, 6) is -0.0275. The third-order valence-corrected chi connectivity index (χ3v) is 5.78. The molecule has 0 aliphatic heterocycles. The number of alkyl halides is 5. The van der Waals surface area contributed by atoms with E-state index >= 15 is 0 Å². The Morgan fingerprint density at radius 3 is 2.56 bits per heavy atom. The third kappa shape index (κ3) is 4.63. The molecule has 170 valence electrons. The second kappa shape index (κ2) is 8.91. The lowest BCUT2D eigenvalue weighted by molar-refractivity contribution is -0.138. The average molecular weight is 452 g/mol. The molecule has 0 amide bonds.